The van der Waals surface area contributed by atoms with Gasteiger partial charge in [0.1, 0.15) is 5.52 Å². The number of hydrogen-bond donors (Lipinski definition) is 1. The molecular formula is C15H16ClFN2O. The summed E-state index contributed by atoms with van der Waals surface area (Å²) >= 11 is 6.06. The average molecular weight is 295 g/mol. The molecule has 3 rings (SSSR count). The molecule has 1 fully saturated rings. The van der Waals surface area contributed by atoms with Gasteiger partial charge in [0.2, 0.25) is 0 Å². The zero-order chi connectivity index (χ0) is 14.1. The molecule has 0 radical (unpaired) electrons. The van der Waals surface area contributed by atoms with E-state index in [0.717, 1.165) is 19.3 Å². The van der Waals surface area contributed by atoms with E-state index < -0.39 is 0 Å². The van der Waals surface area contributed by atoms with Crippen LogP contribution in [-0.4, -0.2) is 29.3 Å². The van der Waals surface area contributed by atoms with Crippen molar-refractivity contribution in [3.05, 3.63) is 35.2 Å². The number of pyridine rings is 1. The largest absolute Gasteiger partial charge is 0.395 e. The van der Waals surface area contributed by atoms with Crippen molar-refractivity contribution >= 4 is 28.2 Å². The summed E-state index contributed by atoms with van der Waals surface area (Å²) in [5, 5.41) is 10.3. The molecule has 1 N–H and O–H groups in total. The van der Waals surface area contributed by atoms with Gasteiger partial charge < -0.3 is 10.0 Å². The minimum absolute atomic E-state index is 0.0109. The number of nitrogens with zero attached hydrogens (tertiary/aromatic N) is 2. The van der Waals surface area contributed by atoms with Crippen molar-refractivity contribution in [1.82, 2.24) is 4.98 Å². The molecule has 106 valence electrons. The summed E-state index contributed by atoms with van der Waals surface area (Å²) in [6.07, 6.45) is 4.75. The number of rotatable bonds is 4. The van der Waals surface area contributed by atoms with Gasteiger partial charge in [0, 0.05) is 24.2 Å². The highest BCUT2D eigenvalue weighted by molar-refractivity contribution is 6.35. The van der Waals surface area contributed by atoms with Gasteiger partial charge in [-0.15, -0.1) is 0 Å². The van der Waals surface area contributed by atoms with Crippen LogP contribution in [-0.2, 0) is 0 Å². The minimum Gasteiger partial charge on any atom is -0.395 e. The molecule has 2 aromatic rings. The van der Waals surface area contributed by atoms with E-state index in [4.69, 9.17) is 11.6 Å². The molecule has 3 nitrogen and oxygen atoms in total. The molecule has 1 aliphatic rings. The summed E-state index contributed by atoms with van der Waals surface area (Å²) in [6, 6.07) is 5.50. The summed E-state index contributed by atoms with van der Waals surface area (Å²) < 4.78 is 14.7. The van der Waals surface area contributed by atoms with Crippen molar-refractivity contribution in [2.24, 2.45) is 0 Å². The highest BCUT2D eigenvalue weighted by Crippen LogP contribution is 2.34. The van der Waals surface area contributed by atoms with Crippen molar-refractivity contribution in [2.45, 2.75) is 25.3 Å². The van der Waals surface area contributed by atoms with Gasteiger partial charge in [-0.25, -0.2) is 4.39 Å². The number of hydrogen-bond acceptors (Lipinski definition) is 3. The third-order valence-corrected chi connectivity index (χ3v) is 4.27. The highest BCUT2D eigenvalue weighted by Gasteiger charge is 2.27. The molecule has 1 aliphatic carbocycles. The van der Waals surface area contributed by atoms with Crippen LogP contribution in [0.15, 0.2) is 24.4 Å². The molecule has 0 amide bonds. The monoisotopic (exact) mass is 294 g/mol. The Morgan fingerprint density at radius 2 is 2.15 bits per heavy atom. The van der Waals surface area contributed by atoms with Gasteiger partial charge in [-0.1, -0.05) is 11.6 Å². The van der Waals surface area contributed by atoms with Crippen molar-refractivity contribution in [3.63, 3.8) is 0 Å². The smallest absolute Gasteiger partial charge is 0.172 e. The fourth-order valence-corrected chi connectivity index (χ4v) is 2.88. The van der Waals surface area contributed by atoms with Crippen LogP contribution in [0.1, 0.15) is 19.3 Å². The normalized spacial score (nSPS) is 15.3. The lowest BCUT2D eigenvalue weighted by Crippen LogP contribution is -2.42. The van der Waals surface area contributed by atoms with E-state index in [1.54, 1.807) is 18.2 Å². The van der Waals surface area contributed by atoms with Gasteiger partial charge in [0.25, 0.3) is 0 Å². The third-order valence-electron chi connectivity index (χ3n) is 3.94. The number of halogens is 2. The van der Waals surface area contributed by atoms with Crippen LogP contribution in [0, 0.1) is 5.82 Å². The van der Waals surface area contributed by atoms with Gasteiger partial charge in [-0.3, -0.25) is 4.98 Å². The quantitative estimate of drug-likeness (QED) is 0.939. The van der Waals surface area contributed by atoms with Crippen molar-refractivity contribution in [3.8, 4) is 0 Å². The second-order valence-electron chi connectivity index (χ2n) is 5.09. The topological polar surface area (TPSA) is 36.4 Å². The molecular weight excluding hydrogens is 279 g/mol. The Hall–Kier alpha value is -1.39. The number of aromatic nitrogens is 1. The van der Waals surface area contributed by atoms with E-state index in [1.165, 1.54) is 6.20 Å². The summed E-state index contributed by atoms with van der Waals surface area (Å²) in [7, 11) is 0. The maximum atomic E-state index is 14.7. The molecule has 0 spiro atoms. The second kappa shape index (κ2) is 5.54. The number of anilines is 1. The van der Waals surface area contributed by atoms with Crippen LogP contribution in [0.2, 0.25) is 5.02 Å². The predicted molar refractivity (Wildman–Crippen MR) is 78.8 cm³/mol. The zero-order valence-corrected chi connectivity index (χ0v) is 11.8. The van der Waals surface area contributed by atoms with Crippen molar-refractivity contribution in [2.75, 3.05) is 18.1 Å². The molecule has 0 atom stereocenters. The first-order valence-electron chi connectivity index (χ1n) is 6.82. The maximum Gasteiger partial charge on any atom is 0.172 e. The molecule has 0 unspecified atom stereocenters. The number of benzene rings is 1. The van der Waals surface area contributed by atoms with E-state index in [0.29, 0.717) is 28.7 Å². The molecule has 1 aromatic heterocycles. The summed E-state index contributed by atoms with van der Waals surface area (Å²) in [5.74, 6) is -0.356. The summed E-state index contributed by atoms with van der Waals surface area (Å²) in [4.78, 5) is 6.04. The first-order chi connectivity index (χ1) is 9.72. The Balaban J connectivity index is 2.08. The Morgan fingerprint density at radius 1 is 1.35 bits per heavy atom. The van der Waals surface area contributed by atoms with Crippen LogP contribution < -0.4 is 4.90 Å². The van der Waals surface area contributed by atoms with E-state index in [2.05, 4.69) is 4.98 Å². The molecule has 1 heterocycles. The van der Waals surface area contributed by atoms with Gasteiger partial charge in [-0.05, 0) is 37.5 Å². The van der Waals surface area contributed by atoms with Crippen molar-refractivity contribution in [1.29, 1.82) is 0 Å². The van der Waals surface area contributed by atoms with Crippen LogP contribution in [0.25, 0.3) is 10.9 Å². The molecule has 20 heavy (non-hydrogen) atoms. The zero-order valence-electron chi connectivity index (χ0n) is 11.0. The van der Waals surface area contributed by atoms with Crippen LogP contribution >= 0.6 is 11.6 Å². The second-order valence-corrected chi connectivity index (χ2v) is 5.50. The fourth-order valence-electron chi connectivity index (χ4n) is 2.67. The first-order valence-corrected chi connectivity index (χ1v) is 7.20. The van der Waals surface area contributed by atoms with Crippen LogP contribution in [0.3, 0.4) is 0 Å². The number of fused-ring (bicyclic) bond motifs is 1. The predicted octanol–water partition coefficient (Wildman–Crippen LogP) is 3.38. The average Bonchev–Trinajstić information content (AvgIpc) is 2.38. The molecule has 1 saturated carbocycles. The van der Waals surface area contributed by atoms with Gasteiger partial charge >= 0.3 is 0 Å². The SMILES string of the molecule is OCCN(c1ccc2c(Cl)ccnc2c1F)C1CCC1. The Kier molecular flexibility index (Phi) is 3.76. The van der Waals surface area contributed by atoms with Crippen molar-refractivity contribution < 1.29 is 9.50 Å². The maximum absolute atomic E-state index is 14.7. The number of aliphatic hydroxyl groups is 1. The lowest BCUT2D eigenvalue weighted by molar-refractivity contribution is 0.283. The minimum atomic E-state index is -0.356. The fraction of sp³-hybridized carbons (Fsp3) is 0.400. The van der Waals surface area contributed by atoms with Crippen LogP contribution in [0.4, 0.5) is 10.1 Å². The lowest BCUT2D eigenvalue weighted by atomic mass is 9.91. The standard InChI is InChI=1S/C15H16ClFN2O/c16-12-6-7-18-15-11(12)4-5-13(14(15)17)19(8-9-20)10-2-1-3-10/h4-7,10,20H,1-3,8-9H2. The Morgan fingerprint density at radius 3 is 2.80 bits per heavy atom. The van der Waals surface area contributed by atoms with Gasteiger partial charge in [-0.2, -0.15) is 0 Å². The first kappa shape index (κ1) is 13.6. The molecule has 5 heteroatoms. The van der Waals surface area contributed by atoms with E-state index >= 15 is 0 Å². The van der Waals surface area contributed by atoms with E-state index in [9.17, 15) is 9.50 Å². The van der Waals surface area contributed by atoms with Gasteiger partial charge in [0.05, 0.1) is 17.3 Å². The number of aliphatic hydroxyl groups excluding tert-OH is 1. The van der Waals surface area contributed by atoms with Gasteiger partial charge in [0.15, 0.2) is 5.82 Å². The van der Waals surface area contributed by atoms with E-state index in [-0.39, 0.29) is 17.9 Å². The van der Waals surface area contributed by atoms with Crippen LogP contribution in [0.5, 0.6) is 0 Å². The Bertz CT molecular complexity index is 631. The van der Waals surface area contributed by atoms with E-state index in [1.807, 2.05) is 4.90 Å². The summed E-state index contributed by atoms with van der Waals surface area (Å²) in [6.45, 7) is 0.449. The molecule has 0 saturated heterocycles. The lowest BCUT2D eigenvalue weighted by Gasteiger charge is -2.39. The highest BCUT2D eigenvalue weighted by atomic mass is 35.5. The summed E-state index contributed by atoms with van der Waals surface area (Å²) in [5.41, 5.74) is 0.795. The molecule has 0 bridgehead atoms. The molecule has 1 aromatic carbocycles. The Labute approximate surface area is 122 Å². The molecule has 0 aliphatic heterocycles. The third kappa shape index (κ3) is 2.23.